The number of pyridine rings is 1. The molecular formula is C25H26ClN3OS. The van der Waals surface area contributed by atoms with Crippen molar-refractivity contribution in [1.82, 2.24) is 14.5 Å². The Hall–Kier alpha value is -2.47. The van der Waals surface area contributed by atoms with Gasteiger partial charge in [0.1, 0.15) is 0 Å². The molecule has 0 spiro atoms. The van der Waals surface area contributed by atoms with Crippen molar-refractivity contribution >= 4 is 35.1 Å². The molecule has 4 nitrogen and oxygen atoms in total. The number of aromatic nitrogens is 2. The second kappa shape index (κ2) is 8.95. The van der Waals surface area contributed by atoms with Crippen molar-refractivity contribution < 1.29 is 0 Å². The summed E-state index contributed by atoms with van der Waals surface area (Å²) in [5.41, 5.74) is 6.88. The molecule has 0 amide bonds. The van der Waals surface area contributed by atoms with E-state index in [0.717, 1.165) is 42.7 Å². The van der Waals surface area contributed by atoms with E-state index in [9.17, 15) is 4.79 Å². The first-order chi connectivity index (χ1) is 14.7. The molecule has 4 aromatic rings. The number of nitrogens with zero attached hydrogens (tertiary/aromatic N) is 2. The van der Waals surface area contributed by atoms with Gasteiger partial charge in [0.2, 0.25) is 0 Å². The van der Waals surface area contributed by atoms with E-state index in [-0.39, 0.29) is 18.0 Å². The van der Waals surface area contributed by atoms with E-state index in [1.807, 2.05) is 12.3 Å². The largest absolute Gasteiger partial charge is 0.347 e. The van der Waals surface area contributed by atoms with Gasteiger partial charge in [0, 0.05) is 41.8 Å². The van der Waals surface area contributed by atoms with Crippen LogP contribution in [0.25, 0.3) is 27.7 Å². The summed E-state index contributed by atoms with van der Waals surface area (Å²) in [4.78, 5) is 14.2. The number of halogens is 1. The lowest BCUT2D eigenvalue weighted by Gasteiger charge is -2.09. The molecule has 3 heterocycles. The summed E-state index contributed by atoms with van der Waals surface area (Å²) in [6.07, 6.45) is 6.20. The van der Waals surface area contributed by atoms with Crippen molar-refractivity contribution in [2.45, 2.75) is 24.3 Å². The zero-order valence-corrected chi connectivity index (χ0v) is 19.4. The zero-order valence-electron chi connectivity index (χ0n) is 17.7. The Balaban J connectivity index is 0.00000231. The number of fused-ring (bicyclic) bond motifs is 3. The number of hydrogen-bond donors (Lipinski definition) is 1. The zero-order chi connectivity index (χ0) is 20.7. The summed E-state index contributed by atoms with van der Waals surface area (Å²) < 4.78 is 4.03. The Bertz CT molecular complexity index is 1290. The molecule has 0 bridgehead atoms. The van der Waals surface area contributed by atoms with Gasteiger partial charge in [-0.2, -0.15) is 0 Å². The minimum Gasteiger partial charge on any atom is -0.347 e. The summed E-state index contributed by atoms with van der Waals surface area (Å²) in [7, 11) is 2.14. The summed E-state index contributed by atoms with van der Waals surface area (Å²) in [5, 5.41) is 4.81. The number of benzene rings is 2. The van der Waals surface area contributed by atoms with Crippen molar-refractivity contribution in [3.63, 3.8) is 0 Å². The Labute approximate surface area is 192 Å². The molecule has 0 saturated carbocycles. The molecule has 0 saturated heterocycles. The molecule has 0 radical (unpaired) electrons. The van der Waals surface area contributed by atoms with Crippen LogP contribution in [0.5, 0.6) is 0 Å². The molecule has 31 heavy (non-hydrogen) atoms. The van der Waals surface area contributed by atoms with Gasteiger partial charge in [-0.15, -0.1) is 24.2 Å². The summed E-state index contributed by atoms with van der Waals surface area (Å²) >= 11 is 1.72. The van der Waals surface area contributed by atoms with Crippen molar-refractivity contribution in [2.75, 3.05) is 12.8 Å². The number of nitrogens with one attached hydrogen (secondary N) is 1. The van der Waals surface area contributed by atoms with E-state index in [0.29, 0.717) is 0 Å². The topological polar surface area (TPSA) is 39.0 Å². The molecule has 2 aromatic heterocycles. The minimum absolute atomic E-state index is 0. The van der Waals surface area contributed by atoms with Crippen LogP contribution in [-0.2, 0) is 20.0 Å². The average Bonchev–Trinajstić information content (AvgIpc) is 2.93. The van der Waals surface area contributed by atoms with Gasteiger partial charge in [-0.05, 0) is 72.7 Å². The van der Waals surface area contributed by atoms with E-state index < -0.39 is 0 Å². The van der Waals surface area contributed by atoms with Gasteiger partial charge >= 0.3 is 0 Å². The predicted molar refractivity (Wildman–Crippen MR) is 133 cm³/mol. The monoisotopic (exact) mass is 451 g/mol. The minimum atomic E-state index is -0.0155. The lowest BCUT2D eigenvalue weighted by Crippen LogP contribution is -2.16. The van der Waals surface area contributed by atoms with Crippen molar-refractivity contribution in [2.24, 2.45) is 7.05 Å². The number of rotatable bonds is 3. The standard InChI is InChI=1S/C25H25N3OS.ClH/c1-27-23-4-3-12-26-16-22(23)21-10-7-19(15-24(21)27)28-13-11-18(14-25(28)29)17-5-8-20(30-2)9-6-17;/h5-11,13-15,26H,3-4,12,16H2,1-2H3;1H. The molecule has 0 aliphatic carbocycles. The van der Waals surface area contributed by atoms with Gasteiger partial charge in [-0.1, -0.05) is 18.2 Å². The van der Waals surface area contributed by atoms with E-state index in [1.165, 1.54) is 27.1 Å². The van der Waals surface area contributed by atoms with E-state index in [4.69, 9.17) is 0 Å². The molecule has 1 aliphatic heterocycles. The molecule has 0 unspecified atom stereocenters. The normalized spacial score (nSPS) is 13.5. The van der Waals surface area contributed by atoms with Crippen molar-refractivity contribution in [1.29, 1.82) is 0 Å². The predicted octanol–water partition coefficient (Wildman–Crippen LogP) is 5.18. The molecule has 160 valence electrons. The maximum atomic E-state index is 12.9. The number of thioether (sulfide) groups is 1. The maximum absolute atomic E-state index is 12.9. The fourth-order valence-electron chi connectivity index (χ4n) is 4.47. The first kappa shape index (κ1) is 21.8. The molecule has 5 rings (SSSR count). The van der Waals surface area contributed by atoms with Crippen molar-refractivity contribution in [3.8, 4) is 16.8 Å². The van der Waals surface area contributed by atoms with Crippen LogP contribution in [0.2, 0.25) is 0 Å². The van der Waals surface area contributed by atoms with Crippen LogP contribution in [0.1, 0.15) is 17.7 Å². The Morgan fingerprint density at radius 3 is 2.55 bits per heavy atom. The average molecular weight is 452 g/mol. The number of hydrogen-bond acceptors (Lipinski definition) is 3. The molecule has 6 heteroatoms. The Morgan fingerprint density at radius 1 is 1.00 bits per heavy atom. The quantitative estimate of drug-likeness (QED) is 0.436. The lowest BCUT2D eigenvalue weighted by molar-refractivity contribution is 0.677. The van der Waals surface area contributed by atoms with Gasteiger partial charge < -0.3 is 9.88 Å². The third-order valence-corrected chi connectivity index (χ3v) is 6.85. The van der Waals surface area contributed by atoms with Crippen LogP contribution in [-0.4, -0.2) is 21.9 Å². The molecule has 0 atom stereocenters. The molecular weight excluding hydrogens is 426 g/mol. The molecule has 1 N–H and O–H groups in total. The summed E-state index contributed by atoms with van der Waals surface area (Å²) in [5.74, 6) is 0. The van der Waals surface area contributed by atoms with Crippen LogP contribution in [0.15, 0.2) is 70.5 Å². The van der Waals surface area contributed by atoms with Gasteiger partial charge in [-0.3, -0.25) is 9.36 Å². The highest BCUT2D eigenvalue weighted by Gasteiger charge is 2.17. The van der Waals surface area contributed by atoms with Crippen LogP contribution < -0.4 is 10.9 Å². The molecule has 0 fully saturated rings. The summed E-state index contributed by atoms with van der Waals surface area (Å²) in [6, 6.07) is 18.4. The van der Waals surface area contributed by atoms with Crippen LogP contribution in [0.3, 0.4) is 0 Å². The highest BCUT2D eigenvalue weighted by molar-refractivity contribution is 7.98. The highest BCUT2D eigenvalue weighted by atomic mass is 35.5. The van der Waals surface area contributed by atoms with Crippen LogP contribution in [0.4, 0.5) is 0 Å². The first-order valence-corrected chi connectivity index (χ1v) is 11.6. The smallest absolute Gasteiger partial charge is 0.255 e. The fraction of sp³-hybridized carbons (Fsp3) is 0.240. The van der Waals surface area contributed by atoms with Gasteiger partial charge in [0.25, 0.3) is 5.56 Å². The maximum Gasteiger partial charge on any atom is 0.255 e. The first-order valence-electron chi connectivity index (χ1n) is 10.3. The Morgan fingerprint density at radius 2 is 1.81 bits per heavy atom. The van der Waals surface area contributed by atoms with Gasteiger partial charge in [0.15, 0.2) is 0 Å². The second-order valence-electron chi connectivity index (χ2n) is 7.82. The molecule has 2 aromatic carbocycles. The Kier molecular flexibility index (Phi) is 6.28. The lowest BCUT2D eigenvalue weighted by atomic mass is 10.1. The van der Waals surface area contributed by atoms with E-state index in [2.05, 4.69) is 65.7 Å². The van der Waals surface area contributed by atoms with Crippen LogP contribution in [0, 0.1) is 0 Å². The van der Waals surface area contributed by atoms with Crippen molar-refractivity contribution in [3.05, 3.63) is 82.4 Å². The second-order valence-corrected chi connectivity index (χ2v) is 8.70. The third kappa shape index (κ3) is 3.93. The third-order valence-electron chi connectivity index (χ3n) is 6.11. The van der Waals surface area contributed by atoms with E-state index in [1.54, 1.807) is 22.4 Å². The highest BCUT2D eigenvalue weighted by Crippen LogP contribution is 2.29. The van der Waals surface area contributed by atoms with Gasteiger partial charge in [-0.25, -0.2) is 0 Å². The van der Waals surface area contributed by atoms with Gasteiger partial charge in [0.05, 0.1) is 11.2 Å². The molecule has 1 aliphatic rings. The number of aryl methyl sites for hydroxylation is 1. The van der Waals surface area contributed by atoms with E-state index >= 15 is 0 Å². The van der Waals surface area contributed by atoms with Crippen LogP contribution >= 0.6 is 24.2 Å². The fourth-order valence-corrected chi connectivity index (χ4v) is 4.88. The SMILES string of the molecule is CSc1ccc(-c2ccn(-c3ccc4c5c(n(C)c4c3)CCCNC5)c(=O)c2)cc1.Cl. The summed E-state index contributed by atoms with van der Waals surface area (Å²) in [6.45, 7) is 1.98.